The Kier molecular flexibility index (Phi) is 6.68. The number of carbonyl (C=O) groups is 2. The van der Waals surface area contributed by atoms with Crippen molar-refractivity contribution in [1.82, 2.24) is 0 Å². The van der Waals surface area contributed by atoms with Crippen molar-refractivity contribution >= 4 is 39.8 Å². The lowest BCUT2D eigenvalue weighted by molar-refractivity contribution is -0.118. The van der Waals surface area contributed by atoms with Gasteiger partial charge in [-0.2, -0.15) is 0 Å². The quantitative estimate of drug-likeness (QED) is 0.534. The third kappa shape index (κ3) is 4.71. The number of nitrogens with one attached hydrogen (secondary N) is 1. The molecule has 7 heteroatoms. The molecule has 0 saturated heterocycles. The predicted octanol–water partition coefficient (Wildman–Crippen LogP) is 5.26. The van der Waals surface area contributed by atoms with E-state index < -0.39 is 11.9 Å². The van der Waals surface area contributed by atoms with Crippen molar-refractivity contribution in [3.05, 3.63) is 70.6 Å². The van der Waals surface area contributed by atoms with Gasteiger partial charge in [0, 0.05) is 10.9 Å². The number of para-hydroxylation sites is 1. The maximum Gasteiger partial charge on any atom is 0.341 e. The molecule has 3 rings (SSSR count). The van der Waals surface area contributed by atoms with Gasteiger partial charge in [-0.15, -0.1) is 11.3 Å². The monoisotopic (exact) mass is 415 g/mol. The molecule has 1 N–H and O–H groups in total. The first-order valence-corrected chi connectivity index (χ1v) is 9.87. The van der Waals surface area contributed by atoms with Gasteiger partial charge < -0.3 is 14.8 Å². The van der Waals surface area contributed by atoms with Gasteiger partial charge in [0.05, 0.1) is 11.6 Å². The minimum Gasteiger partial charge on any atom is -0.482 e. The van der Waals surface area contributed by atoms with Gasteiger partial charge in [-0.3, -0.25) is 4.79 Å². The molecule has 0 spiro atoms. The van der Waals surface area contributed by atoms with Crippen molar-refractivity contribution in [3.63, 3.8) is 0 Å². The van der Waals surface area contributed by atoms with E-state index in [0.717, 1.165) is 5.56 Å². The third-order valence-electron chi connectivity index (χ3n) is 3.80. The van der Waals surface area contributed by atoms with Crippen LogP contribution in [0.3, 0.4) is 0 Å². The lowest BCUT2D eigenvalue weighted by Gasteiger charge is -2.10. The minimum atomic E-state index is -0.482. The number of hydrogen-bond acceptors (Lipinski definition) is 5. The molecule has 0 fully saturated rings. The van der Waals surface area contributed by atoms with E-state index in [-0.39, 0.29) is 13.2 Å². The first-order chi connectivity index (χ1) is 13.6. The van der Waals surface area contributed by atoms with Crippen molar-refractivity contribution in [1.29, 1.82) is 0 Å². The number of rotatable bonds is 7. The molecule has 0 aliphatic heterocycles. The molecule has 2 aromatic carbocycles. The predicted molar refractivity (Wildman–Crippen MR) is 111 cm³/mol. The molecule has 0 aliphatic rings. The van der Waals surface area contributed by atoms with Crippen LogP contribution in [0.15, 0.2) is 60.0 Å². The maximum atomic E-state index is 12.5. The zero-order valence-corrected chi connectivity index (χ0v) is 16.7. The summed E-state index contributed by atoms with van der Waals surface area (Å²) in [7, 11) is 0. The van der Waals surface area contributed by atoms with Gasteiger partial charge >= 0.3 is 5.97 Å². The molecular weight excluding hydrogens is 398 g/mol. The fourth-order valence-electron chi connectivity index (χ4n) is 2.55. The van der Waals surface area contributed by atoms with E-state index in [9.17, 15) is 9.59 Å². The summed E-state index contributed by atoms with van der Waals surface area (Å²) in [6.07, 6.45) is 0. The SMILES string of the molecule is CCOC(=O)c1c(-c2ccccc2)csc1NC(=O)COc1ccccc1Cl. The summed E-state index contributed by atoms with van der Waals surface area (Å²) >= 11 is 7.29. The molecule has 144 valence electrons. The fraction of sp³-hybridized carbons (Fsp3) is 0.143. The van der Waals surface area contributed by atoms with Crippen LogP contribution in [0.25, 0.3) is 11.1 Å². The summed E-state index contributed by atoms with van der Waals surface area (Å²) in [5, 5.41) is 5.41. The second-order valence-electron chi connectivity index (χ2n) is 5.71. The summed E-state index contributed by atoms with van der Waals surface area (Å²) in [5.41, 5.74) is 1.92. The van der Waals surface area contributed by atoms with Crippen LogP contribution in [0.5, 0.6) is 5.75 Å². The molecule has 1 heterocycles. The molecule has 3 aromatic rings. The maximum absolute atomic E-state index is 12.5. The van der Waals surface area contributed by atoms with Crippen LogP contribution < -0.4 is 10.1 Å². The Morgan fingerprint density at radius 2 is 1.79 bits per heavy atom. The summed E-state index contributed by atoms with van der Waals surface area (Å²) in [6, 6.07) is 16.4. The number of esters is 1. The number of amides is 1. The van der Waals surface area contributed by atoms with E-state index in [1.54, 1.807) is 31.2 Å². The average Bonchev–Trinajstić information content (AvgIpc) is 3.12. The second kappa shape index (κ2) is 9.39. The molecule has 0 saturated carbocycles. The Morgan fingerprint density at radius 3 is 2.50 bits per heavy atom. The van der Waals surface area contributed by atoms with Crippen LogP contribution >= 0.6 is 22.9 Å². The molecule has 5 nitrogen and oxygen atoms in total. The highest BCUT2D eigenvalue weighted by molar-refractivity contribution is 7.15. The topological polar surface area (TPSA) is 64.6 Å². The van der Waals surface area contributed by atoms with Crippen LogP contribution in [-0.2, 0) is 9.53 Å². The van der Waals surface area contributed by atoms with E-state index in [0.29, 0.717) is 26.9 Å². The Balaban J connectivity index is 1.79. The van der Waals surface area contributed by atoms with Gasteiger partial charge in [0.25, 0.3) is 5.91 Å². The molecule has 0 aliphatic carbocycles. The summed E-state index contributed by atoms with van der Waals surface area (Å²) in [4.78, 5) is 24.9. The van der Waals surface area contributed by atoms with Crippen molar-refractivity contribution in [2.45, 2.75) is 6.92 Å². The minimum absolute atomic E-state index is 0.232. The number of ether oxygens (including phenoxy) is 2. The molecule has 1 amide bonds. The van der Waals surface area contributed by atoms with Crippen LogP contribution in [0.4, 0.5) is 5.00 Å². The van der Waals surface area contributed by atoms with Crippen molar-refractivity contribution < 1.29 is 19.1 Å². The van der Waals surface area contributed by atoms with Crippen molar-refractivity contribution in [2.24, 2.45) is 0 Å². The molecule has 1 aromatic heterocycles. The number of carbonyl (C=O) groups excluding carboxylic acids is 2. The summed E-state index contributed by atoms with van der Waals surface area (Å²) in [6.45, 7) is 1.75. The first kappa shape index (κ1) is 19.9. The van der Waals surface area contributed by atoms with Crippen LogP contribution in [0.1, 0.15) is 17.3 Å². The van der Waals surface area contributed by atoms with E-state index in [1.807, 2.05) is 35.7 Å². The fourth-order valence-corrected chi connectivity index (χ4v) is 3.72. The third-order valence-corrected chi connectivity index (χ3v) is 5.01. The number of hydrogen-bond donors (Lipinski definition) is 1. The number of anilines is 1. The van der Waals surface area contributed by atoms with Gasteiger partial charge in [0.1, 0.15) is 16.3 Å². The summed E-state index contributed by atoms with van der Waals surface area (Å²) < 4.78 is 10.6. The average molecular weight is 416 g/mol. The van der Waals surface area contributed by atoms with Crippen LogP contribution in [0.2, 0.25) is 5.02 Å². The second-order valence-corrected chi connectivity index (χ2v) is 6.99. The van der Waals surface area contributed by atoms with Gasteiger partial charge in [-0.05, 0) is 24.6 Å². The highest BCUT2D eigenvalue weighted by Gasteiger charge is 2.22. The van der Waals surface area contributed by atoms with Crippen LogP contribution in [-0.4, -0.2) is 25.1 Å². The molecule has 0 radical (unpaired) electrons. The molecular formula is C21H18ClNO4S. The molecule has 28 heavy (non-hydrogen) atoms. The zero-order chi connectivity index (χ0) is 19.9. The lowest BCUT2D eigenvalue weighted by Crippen LogP contribution is -2.21. The molecule has 0 unspecified atom stereocenters. The standard InChI is InChI=1S/C21H18ClNO4S/c1-2-26-21(25)19-15(14-8-4-3-5-9-14)13-28-20(19)23-18(24)12-27-17-11-7-6-10-16(17)22/h3-11,13H,2,12H2,1H3,(H,23,24). The molecule has 0 atom stereocenters. The van der Waals surface area contributed by atoms with Crippen molar-refractivity contribution in [3.8, 4) is 16.9 Å². The van der Waals surface area contributed by atoms with E-state index in [1.165, 1.54) is 11.3 Å². The number of benzene rings is 2. The Hall–Kier alpha value is -2.83. The Morgan fingerprint density at radius 1 is 1.07 bits per heavy atom. The van der Waals surface area contributed by atoms with Gasteiger partial charge in [0.2, 0.25) is 0 Å². The highest BCUT2D eigenvalue weighted by Crippen LogP contribution is 2.36. The van der Waals surface area contributed by atoms with Gasteiger partial charge in [-0.25, -0.2) is 4.79 Å². The highest BCUT2D eigenvalue weighted by atomic mass is 35.5. The largest absolute Gasteiger partial charge is 0.482 e. The number of halogens is 1. The van der Waals surface area contributed by atoms with E-state index in [2.05, 4.69) is 5.32 Å². The van der Waals surface area contributed by atoms with Crippen LogP contribution in [0, 0.1) is 0 Å². The summed E-state index contributed by atoms with van der Waals surface area (Å²) in [5.74, 6) is -0.460. The Labute approximate surface area is 171 Å². The smallest absolute Gasteiger partial charge is 0.341 e. The van der Waals surface area contributed by atoms with Gasteiger partial charge in [-0.1, -0.05) is 54.1 Å². The molecule has 0 bridgehead atoms. The number of thiophene rings is 1. The van der Waals surface area contributed by atoms with Crippen molar-refractivity contribution in [2.75, 3.05) is 18.5 Å². The zero-order valence-electron chi connectivity index (χ0n) is 15.1. The lowest BCUT2D eigenvalue weighted by atomic mass is 10.0. The van der Waals surface area contributed by atoms with E-state index in [4.69, 9.17) is 21.1 Å². The van der Waals surface area contributed by atoms with E-state index >= 15 is 0 Å². The normalized spacial score (nSPS) is 10.4. The Bertz CT molecular complexity index is 972. The van der Waals surface area contributed by atoms with Gasteiger partial charge in [0.15, 0.2) is 6.61 Å². The first-order valence-electron chi connectivity index (χ1n) is 8.61.